The van der Waals surface area contributed by atoms with Crippen molar-refractivity contribution in [1.82, 2.24) is 0 Å². The molecular weight excluding hydrogens is 664 g/mol. The average Bonchev–Trinajstić information content (AvgIpc) is 3.43. The second kappa shape index (κ2) is 18.9. The summed E-state index contributed by atoms with van der Waals surface area (Å²) in [6.07, 6.45) is -9.72. The van der Waals surface area contributed by atoms with Gasteiger partial charge in [-0.1, -0.05) is 91.0 Å². The molecule has 2 aliphatic rings. The first-order valence-electron chi connectivity index (χ1n) is 16.7. The Bertz CT molecular complexity index is 1520. The van der Waals surface area contributed by atoms with Crippen molar-refractivity contribution in [2.75, 3.05) is 13.2 Å². The third-order valence-electron chi connectivity index (χ3n) is 8.21. The topological polar surface area (TPSA) is 155 Å². The predicted octanol–water partition coefficient (Wildman–Crippen LogP) is 3.63. The summed E-state index contributed by atoms with van der Waals surface area (Å²) in [7, 11) is 0. The highest BCUT2D eigenvalue weighted by Gasteiger charge is 2.52. The Hall–Kier alpha value is -4.21. The van der Waals surface area contributed by atoms with Gasteiger partial charge in [-0.2, -0.15) is 0 Å². The van der Waals surface area contributed by atoms with Crippen LogP contribution in [-0.2, 0) is 76.8 Å². The minimum absolute atomic E-state index is 0.172. The number of aliphatic hydroxyl groups is 1. The lowest BCUT2D eigenvalue weighted by atomic mass is 9.98. The van der Waals surface area contributed by atoms with Crippen LogP contribution in [0.1, 0.15) is 37.5 Å². The van der Waals surface area contributed by atoms with Crippen molar-refractivity contribution in [2.24, 2.45) is 0 Å². The van der Waals surface area contributed by atoms with Gasteiger partial charge in [-0.15, -0.1) is 0 Å². The zero-order valence-electron chi connectivity index (χ0n) is 28.7. The molecule has 9 atom stereocenters. The van der Waals surface area contributed by atoms with E-state index in [1.54, 1.807) is 0 Å². The third kappa shape index (κ3) is 11.1. The monoisotopic (exact) mass is 708 g/mol. The Balaban J connectivity index is 1.40. The SMILES string of the molecule is CC(=O)OC[C@H]1O[C@H](OC[C@H]2O[C@H](O)[C@H](OCc3ccccc3)[C@@H](OCc3ccccc3)[C@@H]2OCc2ccccc2)[C@@H](OC(C)=O)[C@@H]1OC(C)=O. The molecule has 5 rings (SSSR count). The Kier molecular flexibility index (Phi) is 14.1. The van der Waals surface area contributed by atoms with Crippen molar-refractivity contribution in [1.29, 1.82) is 0 Å². The molecule has 0 radical (unpaired) electrons. The van der Waals surface area contributed by atoms with Crippen LogP contribution in [0.5, 0.6) is 0 Å². The van der Waals surface area contributed by atoms with Crippen LogP contribution in [0.4, 0.5) is 0 Å². The molecule has 2 fully saturated rings. The molecule has 274 valence electrons. The summed E-state index contributed by atoms with van der Waals surface area (Å²) in [6, 6.07) is 28.6. The molecule has 3 aromatic rings. The summed E-state index contributed by atoms with van der Waals surface area (Å²) in [6.45, 7) is 3.61. The highest BCUT2D eigenvalue weighted by Crippen LogP contribution is 2.33. The van der Waals surface area contributed by atoms with E-state index in [1.165, 1.54) is 20.8 Å². The van der Waals surface area contributed by atoms with Gasteiger partial charge in [-0.3, -0.25) is 14.4 Å². The van der Waals surface area contributed by atoms with Crippen LogP contribution in [0.3, 0.4) is 0 Å². The smallest absolute Gasteiger partial charge is 0.303 e. The maximum absolute atomic E-state index is 12.1. The predicted molar refractivity (Wildman–Crippen MR) is 178 cm³/mol. The Morgan fingerprint density at radius 1 is 0.529 bits per heavy atom. The van der Waals surface area contributed by atoms with Crippen molar-refractivity contribution in [3.8, 4) is 0 Å². The lowest BCUT2D eigenvalue weighted by Gasteiger charge is -2.44. The standard InChI is InChI=1S/C38H44O13/c1-24(39)43-22-31-33(48-25(2)40)36(49-26(3)41)38(51-31)47-23-30-32(44-19-27-13-7-4-8-14-27)34(45-20-28-15-9-5-10-16-28)35(37(42)50-30)46-21-29-17-11-6-12-18-29/h4-18,30-38,42H,19-23H2,1-3H3/t30-,31-,32-,33-,34+,35-,36+,37+,38+/m1/s1. The number of aliphatic hydroxyl groups excluding tert-OH is 1. The van der Waals surface area contributed by atoms with E-state index in [9.17, 15) is 19.5 Å². The van der Waals surface area contributed by atoms with Gasteiger partial charge in [0, 0.05) is 20.8 Å². The summed E-state index contributed by atoms with van der Waals surface area (Å²) >= 11 is 0. The van der Waals surface area contributed by atoms with Crippen LogP contribution in [0.15, 0.2) is 91.0 Å². The van der Waals surface area contributed by atoms with Crippen LogP contribution >= 0.6 is 0 Å². The van der Waals surface area contributed by atoms with Crippen LogP contribution in [0, 0.1) is 0 Å². The number of hydrogen-bond donors (Lipinski definition) is 1. The summed E-state index contributed by atoms with van der Waals surface area (Å²) in [5.74, 6) is -1.92. The highest BCUT2D eigenvalue weighted by atomic mass is 16.7. The fourth-order valence-corrected chi connectivity index (χ4v) is 5.90. The molecule has 51 heavy (non-hydrogen) atoms. The van der Waals surface area contributed by atoms with E-state index >= 15 is 0 Å². The fraction of sp³-hybridized carbons (Fsp3) is 0.447. The zero-order valence-corrected chi connectivity index (χ0v) is 28.7. The molecule has 2 heterocycles. The second-order valence-electron chi connectivity index (χ2n) is 12.2. The molecule has 0 amide bonds. The lowest BCUT2D eigenvalue weighted by Crippen LogP contribution is -2.61. The number of carbonyl (C=O) groups is 3. The molecule has 0 aliphatic carbocycles. The molecule has 1 N–H and O–H groups in total. The van der Waals surface area contributed by atoms with Gasteiger partial charge in [0.1, 0.15) is 37.1 Å². The fourth-order valence-electron chi connectivity index (χ4n) is 5.90. The maximum atomic E-state index is 12.1. The summed E-state index contributed by atoms with van der Waals surface area (Å²) < 4.78 is 53.6. The van der Waals surface area contributed by atoms with Gasteiger partial charge >= 0.3 is 17.9 Å². The Labute approximate surface area is 296 Å². The first-order valence-corrected chi connectivity index (χ1v) is 16.7. The van der Waals surface area contributed by atoms with Gasteiger partial charge in [-0.25, -0.2) is 0 Å². The van der Waals surface area contributed by atoms with Gasteiger partial charge < -0.3 is 47.7 Å². The van der Waals surface area contributed by atoms with E-state index in [-0.39, 0.29) is 33.0 Å². The van der Waals surface area contributed by atoms with E-state index in [2.05, 4.69) is 0 Å². The Morgan fingerprint density at radius 2 is 0.980 bits per heavy atom. The summed E-state index contributed by atoms with van der Waals surface area (Å²) in [4.78, 5) is 35.7. The van der Waals surface area contributed by atoms with E-state index < -0.39 is 73.2 Å². The number of esters is 3. The van der Waals surface area contributed by atoms with Crippen molar-refractivity contribution < 1.29 is 62.1 Å². The van der Waals surface area contributed by atoms with E-state index in [1.807, 2.05) is 91.0 Å². The van der Waals surface area contributed by atoms with Gasteiger partial charge in [0.2, 0.25) is 0 Å². The van der Waals surface area contributed by atoms with E-state index in [0.29, 0.717) is 0 Å². The highest BCUT2D eigenvalue weighted by molar-refractivity contribution is 5.68. The first kappa shape index (κ1) is 38.0. The molecule has 3 aromatic carbocycles. The molecular formula is C38H44O13. The zero-order chi connectivity index (χ0) is 36.2. The second-order valence-corrected chi connectivity index (χ2v) is 12.2. The molecule has 2 aliphatic heterocycles. The number of benzene rings is 3. The summed E-state index contributed by atoms with van der Waals surface area (Å²) in [5, 5.41) is 11.4. The van der Waals surface area contributed by atoms with Crippen LogP contribution in [0.25, 0.3) is 0 Å². The number of carbonyl (C=O) groups excluding carboxylic acids is 3. The van der Waals surface area contributed by atoms with Crippen LogP contribution in [-0.4, -0.2) is 91.5 Å². The van der Waals surface area contributed by atoms with Crippen molar-refractivity contribution >= 4 is 17.9 Å². The Morgan fingerprint density at radius 3 is 1.47 bits per heavy atom. The third-order valence-corrected chi connectivity index (χ3v) is 8.21. The number of ether oxygens (including phenoxy) is 9. The minimum atomic E-state index is -1.46. The normalized spacial score (nSPS) is 27.4. The molecule has 13 nitrogen and oxygen atoms in total. The van der Waals surface area contributed by atoms with Crippen molar-refractivity contribution in [3.05, 3.63) is 108 Å². The molecule has 13 heteroatoms. The molecule has 2 saturated heterocycles. The average molecular weight is 709 g/mol. The van der Waals surface area contributed by atoms with Crippen molar-refractivity contribution in [2.45, 2.75) is 95.9 Å². The number of rotatable bonds is 16. The molecule has 0 bridgehead atoms. The molecule has 0 unspecified atom stereocenters. The van der Waals surface area contributed by atoms with E-state index in [0.717, 1.165) is 16.7 Å². The summed E-state index contributed by atoms with van der Waals surface area (Å²) in [5.41, 5.74) is 2.67. The van der Waals surface area contributed by atoms with Gasteiger partial charge in [-0.05, 0) is 16.7 Å². The van der Waals surface area contributed by atoms with Crippen LogP contribution in [0.2, 0.25) is 0 Å². The lowest BCUT2D eigenvalue weighted by molar-refractivity contribution is -0.323. The largest absolute Gasteiger partial charge is 0.463 e. The minimum Gasteiger partial charge on any atom is -0.463 e. The number of hydrogen-bond acceptors (Lipinski definition) is 13. The first-order chi connectivity index (χ1) is 24.7. The van der Waals surface area contributed by atoms with Crippen molar-refractivity contribution in [3.63, 3.8) is 0 Å². The maximum Gasteiger partial charge on any atom is 0.303 e. The van der Waals surface area contributed by atoms with Crippen LogP contribution < -0.4 is 0 Å². The van der Waals surface area contributed by atoms with Gasteiger partial charge in [0.05, 0.1) is 26.4 Å². The van der Waals surface area contributed by atoms with E-state index in [4.69, 9.17) is 42.6 Å². The van der Waals surface area contributed by atoms with Gasteiger partial charge in [0.15, 0.2) is 24.8 Å². The molecule has 0 spiro atoms. The molecule has 0 saturated carbocycles. The van der Waals surface area contributed by atoms with Gasteiger partial charge in [0.25, 0.3) is 0 Å². The molecule has 0 aromatic heterocycles. The quantitative estimate of drug-likeness (QED) is 0.170.